The molecule has 5 rings (SSSR count). The number of aromatic hydroxyl groups is 1. The van der Waals surface area contributed by atoms with Crippen molar-refractivity contribution in [3.8, 4) is 5.75 Å². The van der Waals surface area contributed by atoms with Gasteiger partial charge in [0.15, 0.2) is 0 Å². The van der Waals surface area contributed by atoms with Crippen LogP contribution in [0, 0.1) is 11.7 Å². The Labute approximate surface area is 185 Å². The Morgan fingerprint density at radius 1 is 1.23 bits per heavy atom. The van der Waals surface area contributed by atoms with Crippen LogP contribution in [0.25, 0.3) is 0 Å². The van der Waals surface area contributed by atoms with Crippen LogP contribution >= 0.6 is 11.6 Å². The Balaban J connectivity index is 1.35. The first-order valence-electron chi connectivity index (χ1n) is 10.7. The van der Waals surface area contributed by atoms with E-state index in [1.54, 1.807) is 12.1 Å². The largest absolute Gasteiger partial charge is 0.508 e. The summed E-state index contributed by atoms with van der Waals surface area (Å²) in [6.45, 7) is 0.922. The lowest BCUT2D eigenvalue weighted by Crippen LogP contribution is -2.51. The minimum absolute atomic E-state index is 0.0767. The minimum Gasteiger partial charge on any atom is -0.508 e. The molecule has 5 nitrogen and oxygen atoms in total. The van der Waals surface area contributed by atoms with E-state index in [0.717, 1.165) is 36.8 Å². The van der Waals surface area contributed by atoms with Crippen molar-refractivity contribution in [3.63, 3.8) is 0 Å². The van der Waals surface area contributed by atoms with Crippen molar-refractivity contribution < 1.29 is 24.1 Å². The van der Waals surface area contributed by atoms with Crippen LogP contribution in [0.3, 0.4) is 0 Å². The summed E-state index contributed by atoms with van der Waals surface area (Å²) >= 11 is 6.24. The highest BCUT2D eigenvalue weighted by Crippen LogP contribution is 2.52. The molecule has 164 valence electrons. The molecule has 0 aliphatic carbocycles. The Morgan fingerprint density at radius 2 is 1.97 bits per heavy atom. The maximum atomic E-state index is 14.0. The number of hydrogen-bond acceptors (Lipinski definition) is 4. The van der Waals surface area contributed by atoms with Crippen molar-refractivity contribution in [1.82, 2.24) is 4.90 Å². The molecule has 3 aliphatic rings. The van der Waals surface area contributed by atoms with Gasteiger partial charge in [0, 0.05) is 23.7 Å². The predicted molar refractivity (Wildman–Crippen MR) is 114 cm³/mol. The second kappa shape index (κ2) is 7.76. The fraction of sp³-hybridized carbons (Fsp3) is 0.458. The summed E-state index contributed by atoms with van der Waals surface area (Å²) in [4.78, 5) is 14.4. The molecule has 2 aromatic rings. The van der Waals surface area contributed by atoms with Crippen LogP contribution in [0.15, 0.2) is 36.4 Å². The second-order valence-electron chi connectivity index (χ2n) is 9.09. The van der Waals surface area contributed by atoms with E-state index in [1.807, 2.05) is 6.07 Å². The van der Waals surface area contributed by atoms with Gasteiger partial charge >= 0.3 is 5.97 Å². The molecule has 2 aromatic carbocycles. The Hall–Kier alpha value is -2.15. The van der Waals surface area contributed by atoms with Gasteiger partial charge in [-0.1, -0.05) is 17.7 Å². The normalized spacial score (nSPS) is 28.1. The Kier molecular flexibility index (Phi) is 5.19. The van der Waals surface area contributed by atoms with Crippen molar-refractivity contribution in [2.24, 2.45) is 5.92 Å². The highest BCUT2D eigenvalue weighted by atomic mass is 35.5. The quantitative estimate of drug-likeness (QED) is 0.710. The third kappa shape index (κ3) is 3.71. The third-order valence-corrected chi connectivity index (χ3v) is 7.61. The van der Waals surface area contributed by atoms with Gasteiger partial charge in [0.1, 0.15) is 11.6 Å². The second-order valence-corrected chi connectivity index (χ2v) is 9.50. The van der Waals surface area contributed by atoms with E-state index >= 15 is 0 Å². The van der Waals surface area contributed by atoms with Crippen molar-refractivity contribution in [2.75, 3.05) is 6.54 Å². The number of nitrogens with zero attached hydrogens (tertiary/aromatic N) is 1. The summed E-state index contributed by atoms with van der Waals surface area (Å²) < 4.78 is 20.2. The zero-order valence-electron chi connectivity index (χ0n) is 17.1. The predicted octanol–water partition coefficient (Wildman–Crippen LogP) is 4.48. The molecule has 0 aromatic heterocycles. The zero-order valence-corrected chi connectivity index (χ0v) is 17.8. The van der Waals surface area contributed by atoms with Crippen LogP contribution in [0.5, 0.6) is 5.75 Å². The number of phenols is 1. The third-order valence-electron chi connectivity index (χ3n) is 7.24. The van der Waals surface area contributed by atoms with Gasteiger partial charge in [-0.3, -0.25) is 9.69 Å². The molecule has 2 saturated heterocycles. The van der Waals surface area contributed by atoms with Gasteiger partial charge in [-0.15, -0.1) is 0 Å². The van der Waals surface area contributed by atoms with Crippen molar-refractivity contribution in [3.05, 3.63) is 63.9 Å². The SMILES string of the molecule is O=C(O)C(Cc1cc(O)ccc1Cl)CN1C2CCC1CC1(C2)OCc2ccc(F)cc21. The van der Waals surface area contributed by atoms with Gasteiger partial charge in [0.25, 0.3) is 0 Å². The number of rotatable bonds is 5. The molecule has 2 bridgehead atoms. The van der Waals surface area contributed by atoms with E-state index < -0.39 is 17.5 Å². The number of piperidine rings is 1. The Morgan fingerprint density at radius 3 is 2.68 bits per heavy atom. The molecule has 0 radical (unpaired) electrons. The zero-order chi connectivity index (χ0) is 21.8. The van der Waals surface area contributed by atoms with Crippen molar-refractivity contribution >= 4 is 17.6 Å². The van der Waals surface area contributed by atoms with E-state index in [0.29, 0.717) is 23.7 Å². The number of ether oxygens (including phenoxy) is 1. The molecule has 31 heavy (non-hydrogen) atoms. The standard InChI is InChI=1S/C24H25ClFNO4/c25-22-6-5-20(28)8-15(22)7-16(23(29)30)12-27-18-3-4-19(27)11-24(10-18)21-9-17(26)2-1-14(21)13-31-24/h1-2,5-6,8-9,16,18-19,28H,3-4,7,10-13H2,(H,29,30). The van der Waals surface area contributed by atoms with Crippen LogP contribution in [0.2, 0.25) is 5.02 Å². The molecule has 3 atom stereocenters. The molecular formula is C24H25ClFNO4. The lowest BCUT2D eigenvalue weighted by atomic mass is 9.79. The van der Waals surface area contributed by atoms with Crippen molar-refractivity contribution in [1.29, 1.82) is 0 Å². The van der Waals surface area contributed by atoms with E-state index in [1.165, 1.54) is 18.2 Å². The Bertz CT molecular complexity index is 1010. The van der Waals surface area contributed by atoms with E-state index in [-0.39, 0.29) is 30.1 Å². The number of hydrogen-bond donors (Lipinski definition) is 2. The average molecular weight is 446 g/mol. The number of halogens is 2. The molecule has 7 heteroatoms. The summed E-state index contributed by atoms with van der Waals surface area (Å²) in [6.07, 6.45) is 3.73. The first kappa shape index (κ1) is 20.7. The number of fused-ring (bicyclic) bond motifs is 4. The topological polar surface area (TPSA) is 70.0 Å². The van der Waals surface area contributed by atoms with Crippen molar-refractivity contribution in [2.45, 2.75) is 56.4 Å². The van der Waals surface area contributed by atoms with Gasteiger partial charge in [0.2, 0.25) is 0 Å². The summed E-state index contributed by atoms with van der Waals surface area (Å²) in [5, 5.41) is 20.1. The maximum Gasteiger partial charge on any atom is 0.308 e. The molecule has 3 heterocycles. The molecular weight excluding hydrogens is 421 g/mol. The summed E-state index contributed by atoms with van der Waals surface area (Å²) in [5.41, 5.74) is 2.19. The summed E-state index contributed by atoms with van der Waals surface area (Å²) in [5.74, 6) is -1.67. The summed E-state index contributed by atoms with van der Waals surface area (Å²) in [7, 11) is 0. The van der Waals surface area contributed by atoms with Crippen LogP contribution in [0.1, 0.15) is 42.4 Å². The van der Waals surface area contributed by atoms with Gasteiger partial charge < -0.3 is 14.9 Å². The number of carboxylic acid groups (broad SMARTS) is 1. The van der Waals surface area contributed by atoms with Gasteiger partial charge in [0.05, 0.1) is 18.1 Å². The lowest BCUT2D eigenvalue weighted by Gasteiger charge is -2.45. The number of benzene rings is 2. The molecule has 1 spiro atoms. The van der Waals surface area contributed by atoms with E-state index in [2.05, 4.69) is 4.90 Å². The van der Waals surface area contributed by atoms with Crippen LogP contribution in [0.4, 0.5) is 4.39 Å². The van der Waals surface area contributed by atoms with Gasteiger partial charge in [-0.2, -0.15) is 0 Å². The molecule has 3 aliphatic heterocycles. The van der Waals surface area contributed by atoms with E-state index in [9.17, 15) is 19.4 Å². The number of carboxylic acids is 1. The average Bonchev–Trinajstić information content (AvgIpc) is 3.17. The first-order valence-corrected chi connectivity index (χ1v) is 11.1. The number of aliphatic carboxylic acids is 1. The number of carbonyl (C=O) groups is 1. The first-order chi connectivity index (χ1) is 14.8. The van der Waals surface area contributed by atoms with Crippen LogP contribution < -0.4 is 0 Å². The highest BCUT2D eigenvalue weighted by molar-refractivity contribution is 6.31. The fourth-order valence-corrected chi connectivity index (χ4v) is 5.99. The van der Waals surface area contributed by atoms with Crippen LogP contribution in [-0.2, 0) is 28.2 Å². The van der Waals surface area contributed by atoms with Gasteiger partial charge in [-0.25, -0.2) is 4.39 Å². The maximum absolute atomic E-state index is 14.0. The van der Waals surface area contributed by atoms with E-state index in [4.69, 9.17) is 16.3 Å². The molecule has 3 unspecified atom stereocenters. The summed E-state index contributed by atoms with van der Waals surface area (Å²) in [6, 6.07) is 9.94. The molecule has 0 amide bonds. The number of phenolic OH excluding ortho intramolecular Hbond substituents is 1. The smallest absolute Gasteiger partial charge is 0.308 e. The fourth-order valence-electron chi connectivity index (χ4n) is 5.79. The molecule has 2 N–H and O–H groups in total. The highest BCUT2D eigenvalue weighted by Gasteiger charge is 2.53. The molecule has 0 saturated carbocycles. The lowest BCUT2D eigenvalue weighted by molar-refractivity contribution is -0.144. The molecule has 2 fully saturated rings. The van der Waals surface area contributed by atoms with Crippen LogP contribution in [-0.4, -0.2) is 39.7 Å². The minimum atomic E-state index is -0.872. The van der Waals surface area contributed by atoms with Gasteiger partial charge in [-0.05, 0) is 79.1 Å². The monoisotopic (exact) mass is 445 g/mol.